The lowest BCUT2D eigenvalue weighted by atomic mass is 10.1. The number of rotatable bonds is 5. The first kappa shape index (κ1) is 22.0. The zero-order valence-corrected chi connectivity index (χ0v) is 16.1. The van der Waals surface area contributed by atoms with Crippen LogP contribution in [0.5, 0.6) is 0 Å². The quantitative estimate of drug-likeness (QED) is 0.824. The molecule has 0 aromatic carbocycles. The lowest BCUT2D eigenvalue weighted by molar-refractivity contribution is -0.123. The molecule has 0 spiro atoms. The first-order chi connectivity index (χ1) is 13.1. The molecule has 1 atom stereocenters. The molecule has 1 aromatic rings. The van der Waals surface area contributed by atoms with Crippen molar-refractivity contribution >= 4 is 11.8 Å². The predicted octanol–water partition coefficient (Wildman–Crippen LogP) is 3.13. The second-order valence-electron chi connectivity index (χ2n) is 7.12. The minimum Gasteiger partial charge on any atom is -0.350 e. The summed E-state index contributed by atoms with van der Waals surface area (Å²) in [6.45, 7) is 3.22. The number of hydrogen-bond acceptors (Lipinski definition) is 3. The zero-order chi connectivity index (χ0) is 20.9. The predicted molar refractivity (Wildman–Crippen MR) is 98.5 cm³/mol. The van der Waals surface area contributed by atoms with Crippen LogP contribution in [0, 0.1) is 0 Å². The average molecular weight is 401 g/mol. The summed E-state index contributed by atoms with van der Waals surface area (Å²) in [7, 11) is 0. The number of nitrogens with zero attached hydrogens (tertiary/aromatic N) is 2. The molecule has 0 aliphatic carbocycles. The van der Waals surface area contributed by atoms with Gasteiger partial charge in [0.05, 0.1) is 0 Å². The van der Waals surface area contributed by atoms with Gasteiger partial charge in [0.25, 0.3) is 11.8 Å². The number of hydrogen-bond donors (Lipinski definition) is 1. The van der Waals surface area contributed by atoms with E-state index in [9.17, 15) is 27.6 Å². The van der Waals surface area contributed by atoms with Crippen LogP contribution >= 0.6 is 0 Å². The van der Waals surface area contributed by atoms with Gasteiger partial charge in [0.15, 0.2) is 0 Å². The highest BCUT2D eigenvalue weighted by Crippen LogP contribution is 2.16. The van der Waals surface area contributed by atoms with Crippen LogP contribution in [0.3, 0.4) is 0 Å². The van der Waals surface area contributed by atoms with Gasteiger partial charge in [0.1, 0.15) is 17.7 Å². The smallest absolute Gasteiger partial charge is 0.350 e. The Morgan fingerprint density at radius 1 is 1.11 bits per heavy atom. The van der Waals surface area contributed by atoms with Crippen LogP contribution in [0.4, 0.5) is 13.2 Å². The van der Waals surface area contributed by atoms with E-state index in [0.29, 0.717) is 19.5 Å². The molecule has 0 bridgehead atoms. The number of likely N-dealkylation sites (tertiary alicyclic amines) is 1. The maximum atomic E-state index is 12.9. The molecule has 156 valence electrons. The van der Waals surface area contributed by atoms with Crippen molar-refractivity contribution < 1.29 is 22.8 Å². The fourth-order valence-corrected chi connectivity index (χ4v) is 3.10. The first-order valence-corrected chi connectivity index (χ1v) is 9.54. The van der Waals surface area contributed by atoms with Gasteiger partial charge in [-0.05, 0) is 26.2 Å². The maximum absolute atomic E-state index is 12.9. The third-order valence-corrected chi connectivity index (χ3v) is 4.96. The number of pyridine rings is 1. The van der Waals surface area contributed by atoms with E-state index >= 15 is 0 Å². The van der Waals surface area contributed by atoms with Crippen LogP contribution in [0.2, 0.25) is 0 Å². The minimum absolute atomic E-state index is 0.134. The molecule has 6 nitrogen and oxygen atoms in total. The van der Waals surface area contributed by atoms with Gasteiger partial charge in [-0.3, -0.25) is 14.4 Å². The molecule has 1 saturated heterocycles. The van der Waals surface area contributed by atoms with E-state index in [2.05, 4.69) is 0 Å². The molecule has 1 N–H and O–H groups in total. The second-order valence-corrected chi connectivity index (χ2v) is 7.12. The first-order valence-electron chi connectivity index (χ1n) is 9.54. The maximum Gasteiger partial charge on any atom is 0.405 e. The lowest BCUT2D eigenvalue weighted by Crippen LogP contribution is -2.40. The summed E-state index contributed by atoms with van der Waals surface area (Å²) in [5.41, 5.74) is -1.47. The number of carbonyl (C=O) groups excluding carboxylic acids is 2. The topological polar surface area (TPSA) is 71.4 Å². The molecule has 1 aliphatic rings. The summed E-state index contributed by atoms with van der Waals surface area (Å²) in [6.07, 6.45) is 2.36. The van der Waals surface area contributed by atoms with Crippen molar-refractivity contribution in [2.75, 3.05) is 19.6 Å². The van der Waals surface area contributed by atoms with E-state index in [4.69, 9.17) is 0 Å². The second kappa shape index (κ2) is 9.25. The van der Waals surface area contributed by atoms with Gasteiger partial charge in [0, 0.05) is 31.5 Å². The fourth-order valence-electron chi connectivity index (χ4n) is 3.10. The Hall–Kier alpha value is -2.32. The van der Waals surface area contributed by atoms with Crippen molar-refractivity contribution in [1.82, 2.24) is 14.8 Å². The Morgan fingerprint density at radius 2 is 1.68 bits per heavy atom. The summed E-state index contributed by atoms with van der Waals surface area (Å²) in [6, 6.07) is -0.134. The van der Waals surface area contributed by atoms with Gasteiger partial charge in [-0.2, -0.15) is 13.2 Å². The third kappa shape index (κ3) is 5.59. The Labute approximate surface area is 161 Å². The number of nitrogens with one attached hydrogen (secondary N) is 1. The van der Waals surface area contributed by atoms with E-state index in [1.807, 2.05) is 13.8 Å². The third-order valence-electron chi connectivity index (χ3n) is 4.96. The number of carbonyl (C=O) groups is 2. The molecule has 1 aromatic heterocycles. The van der Waals surface area contributed by atoms with Crippen molar-refractivity contribution in [1.29, 1.82) is 0 Å². The number of amides is 2. The van der Waals surface area contributed by atoms with Crippen LogP contribution in [0.25, 0.3) is 0 Å². The molecule has 9 heteroatoms. The Bertz CT molecular complexity index is 766. The molecular weight excluding hydrogens is 375 g/mol. The average Bonchev–Trinajstić information content (AvgIpc) is 2.94. The highest BCUT2D eigenvalue weighted by atomic mass is 19.4. The van der Waals surface area contributed by atoms with Gasteiger partial charge < -0.3 is 14.8 Å². The Kier molecular flexibility index (Phi) is 7.26. The van der Waals surface area contributed by atoms with Crippen LogP contribution in [0.1, 0.15) is 72.7 Å². The summed E-state index contributed by atoms with van der Waals surface area (Å²) in [5.74, 6) is -1.61. The van der Waals surface area contributed by atoms with Crippen molar-refractivity contribution in [2.24, 2.45) is 0 Å². The normalized spacial score (nSPS) is 16.4. The largest absolute Gasteiger partial charge is 0.405 e. The summed E-state index contributed by atoms with van der Waals surface area (Å²) in [5, 5.41) is 1.72. The van der Waals surface area contributed by atoms with Crippen molar-refractivity contribution in [3.05, 3.63) is 33.7 Å². The molecule has 2 amide bonds. The standard InChI is InChI=1S/C19H26F3N3O3/c1-3-13(2)25-10-14(17(27)23-12-19(20,21)22)16(26)15(11-25)18(28)24-8-6-4-5-7-9-24/h10-11,13H,3-9,12H2,1-2H3,(H,23,27)/t13-/m0/s1. The van der Waals surface area contributed by atoms with Crippen LogP contribution in [0.15, 0.2) is 17.2 Å². The highest BCUT2D eigenvalue weighted by molar-refractivity contribution is 5.99. The summed E-state index contributed by atoms with van der Waals surface area (Å²) < 4.78 is 38.8. The number of aromatic nitrogens is 1. The molecule has 28 heavy (non-hydrogen) atoms. The highest BCUT2D eigenvalue weighted by Gasteiger charge is 2.30. The van der Waals surface area contributed by atoms with Crippen LogP contribution in [-0.4, -0.2) is 47.1 Å². The van der Waals surface area contributed by atoms with Crippen molar-refractivity contribution in [2.45, 2.75) is 58.2 Å². The lowest BCUT2D eigenvalue weighted by Gasteiger charge is -2.22. The van der Waals surface area contributed by atoms with Crippen LogP contribution in [-0.2, 0) is 0 Å². The van der Waals surface area contributed by atoms with Gasteiger partial charge in [0.2, 0.25) is 5.43 Å². The minimum atomic E-state index is -4.59. The zero-order valence-electron chi connectivity index (χ0n) is 16.1. The molecular formula is C19H26F3N3O3. The molecule has 0 unspecified atom stereocenters. The van der Waals surface area contributed by atoms with Crippen LogP contribution < -0.4 is 10.7 Å². The fraction of sp³-hybridized carbons (Fsp3) is 0.632. The molecule has 0 saturated carbocycles. The van der Waals surface area contributed by atoms with E-state index in [-0.39, 0.29) is 11.6 Å². The molecule has 1 aliphatic heterocycles. The monoisotopic (exact) mass is 401 g/mol. The van der Waals surface area contributed by atoms with Gasteiger partial charge in [-0.15, -0.1) is 0 Å². The Balaban J connectivity index is 2.42. The van der Waals surface area contributed by atoms with Gasteiger partial charge in [-0.25, -0.2) is 0 Å². The SMILES string of the molecule is CC[C@H](C)n1cc(C(=O)NCC(F)(F)F)c(=O)c(C(=O)N2CCCCCC2)c1. The van der Waals surface area contributed by atoms with Crippen molar-refractivity contribution in [3.63, 3.8) is 0 Å². The van der Waals surface area contributed by atoms with Crippen molar-refractivity contribution in [3.8, 4) is 0 Å². The number of alkyl halides is 3. The summed E-state index contributed by atoms with van der Waals surface area (Å²) >= 11 is 0. The van der Waals surface area contributed by atoms with E-state index in [1.165, 1.54) is 12.4 Å². The molecule has 0 radical (unpaired) electrons. The van der Waals surface area contributed by atoms with E-state index in [1.54, 1.807) is 14.8 Å². The van der Waals surface area contributed by atoms with Gasteiger partial charge >= 0.3 is 6.18 Å². The molecule has 2 heterocycles. The summed E-state index contributed by atoms with van der Waals surface area (Å²) in [4.78, 5) is 39.5. The molecule has 1 fully saturated rings. The van der Waals surface area contributed by atoms with E-state index < -0.39 is 35.5 Å². The Morgan fingerprint density at radius 3 is 2.21 bits per heavy atom. The van der Waals surface area contributed by atoms with E-state index in [0.717, 1.165) is 25.7 Å². The number of halogens is 3. The molecule has 2 rings (SSSR count). The van der Waals surface area contributed by atoms with Gasteiger partial charge in [-0.1, -0.05) is 19.8 Å².